The number of aromatic amines is 1. The predicted molar refractivity (Wildman–Crippen MR) is 97.3 cm³/mol. The number of benzene rings is 2. The molecule has 0 aliphatic carbocycles. The van der Waals surface area contributed by atoms with E-state index in [0.29, 0.717) is 34.1 Å². The number of pyridine rings is 1. The Hall–Kier alpha value is -3.03. The van der Waals surface area contributed by atoms with Crippen LogP contribution in [0.1, 0.15) is 22.3 Å². The van der Waals surface area contributed by atoms with Gasteiger partial charge in [-0.15, -0.1) is 0 Å². The van der Waals surface area contributed by atoms with E-state index in [4.69, 9.17) is 21.6 Å². The average molecular weight is 351 g/mol. The van der Waals surface area contributed by atoms with Crippen LogP contribution in [-0.4, -0.2) is 4.98 Å². The number of nitrogens with zero attached hydrogens (tertiary/aromatic N) is 1. The second-order valence-electron chi connectivity index (χ2n) is 5.65. The fourth-order valence-electron chi connectivity index (χ4n) is 2.56. The summed E-state index contributed by atoms with van der Waals surface area (Å²) in [5, 5.41) is 9.49. The van der Waals surface area contributed by atoms with Crippen molar-refractivity contribution in [1.82, 2.24) is 4.98 Å². The summed E-state index contributed by atoms with van der Waals surface area (Å²) in [5.41, 5.74) is 2.61. The first kappa shape index (κ1) is 16.8. The van der Waals surface area contributed by atoms with Crippen molar-refractivity contribution in [2.75, 3.05) is 0 Å². The topological polar surface area (TPSA) is 65.9 Å². The van der Waals surface area contributed by atoms with E-state index in [9.17, 15) is 4.79 Å². The maximum Gasteiger partial charge on any atom is 0.254 e. The summed E-state index contributed by atoms with van der Waals surface area (Å²) in [5.74, 6) is 0.908. The Bertz CT molecular complexity index is 1000. The zero-order valence-electron chi connectivity index (χ0n) is 13.5. The molecule has 124 valence electrons. The van der Waals surface area contributed by atoms with E-state index in [1.165, 1.54) is 0 Å². The largest absolute Gasteiger partial charge is 0.456 e. The molecular formula is C20H15ClN2O2. The molecule has 1 aromatic heterocycles. The number of ether oxygens (including phenoxy) is 1. The number of nitrogens with one attached hydrogen (secondary N) is 1. The van der Waals surface area contributed by atoms with Gasteiger partial charge in [0.05, 0.1) is 17.2 Å². The van der Waals surface area contributed by atoms with Crippen molar-refractivity contribution in [2.24, 2.45) is 0 Å². The second kappa shape index (κ2) is 7.25. The number of H-pyrrole nitrogens is 1. The van der Waals surface area contributed by atoms with Crippen molar-refractivity contribution in [2.45, 2.75) is 13.3 Å². The van der Waals surface area contributed by atoms with E-state index in [1.54, 1.807) is 31.3 Å². The number of nitriles is 1. The molecule has 0 aliphatic heterocycles. The van der Waals surface area contributed by atoms with Gasteiger partial charge in [-0.2, -0.15) is 5.26 Å². The standard InChI is InChI=1S/C20H15ClN2O2/c1-13-19(25-18-9-15(11-22)8-17(21)10-18)16(12-23-20(13)24)7-14-5-3-2-4-6-14/h2-6,8-10,12H,7H2,1H3,(H,23,24). The predicted octanol–water partition coefficient (Wildman–Crippen LogP) is 4.59. The van der Waals surface area contributed by atoms with E-state index in [1.807, 2.05) is 36.4 Å². The molecule has 3 rings (SSSR count). The lowest BCUT2D eigenvalue weighted by molar-refractivity contribution is 0.471. The van der Waals surface area contributed by atoms with Gasteiger partial charge in [-0.1, -0.05) is 41.9 Å². The van der Waals surface area contributed by atoms with Gasteiger partial charge in [-0.25, -0.2) is 0 Å². The first-order valence-electron chi connectivity index (χ1n) is 7.70. The molecule has 1 heterocycles. The van der Waals surface area contributed by atoms with Crippen LogP contribution in [-0.2, 0) is 6.42 Å². The SMILES string of the molecule is Cc1c(Oc2cc(Cl)cc(C#N)c2)c(Cc2ccccc2)c[nH]c1=O. The highest BCUT2D eigenvalue weighted by Gasteiger charge is 2.13. The number of halogens is 1. The van der Waals surface area contributed by atoms with Crippen LogP contribution in [0.3, 0.4) is 0 Å². The van der Waals surface area contributed by atoms with Crippen molar-refractivity contribution in [3.63, 3.8) is 0 Å². The molecule has 25 heavy (non-hydrogen) atoms. The fourth-order valence-corrected chi connectivity index (χ4v) is 2.79. The minimum absolute atomic E-state index is 0.214. The smallest absolute Gasteiger partial charge is 0.254 e. The molecular weight excluding hydrogens is 336 g/mol. The van der Waals surface area contributed by atoms with E-state index in [0.717, 1.165) is 11.1 Å². The van der Waals surface area contributed by atoms with Gasteiger partial charge in [0.2, 0.25) is 0 Å². The van der Waals surface area contributed by atoms with Gasteiger partial charge in [0, 0.05) is 23.2 Å². The summed E-state index contributed by atoms with van der Waals surface area (Å²) in [4.78, 5) is 14.7. The molecule has 0 aliphatic rings. The molecule has 2 aromatic carbocycles. The van der Waals surface area contributed by atoms with Gasteiger partial charge >= 0.3 is 0 Å². The minimum Gasteiger partial charge on any atom is -0.456 e. The van der Waals surface area contributed by atoms with Gasteiger partial charge in [0.1, 0.15) is 11.5 Å². The summed E-state index contributed by atoms with van der Waals surface area (Å²) in [6, 6.07) is 16.7. The Balaban J connectivity index is 2.03. The average Bonchev–Trinajstić information content (AvgIpc) is 2.61. The summed E-state index contributed by atoms with van der Waals surface area (Å²) >= 11 is 6.04. The third-order valence-electron chi connectivity index (χ3n) is 3.81. The van der Waals surface area contributed by atoms with Crippen LogP contribution < -0.4 is 10.3 Å². The maximum atomic E-state index is 12.0. The normalized spacial score (nSPS) is 10.3. The highest BCUT2D eigenvalue weighted by Crippen LogP contribution is 2.30. The van der Waals surface area contributed by atoms with Crippen molar-refractivity contribution in [3.8, 4) is 17.6 Å². The summed E-state index contributed by atoms with van der Waals surface area (Å²) in [7, 11) is 0. The molecule has 4 nitrogen and oxygen atoms in total. The molecule has 0 atom stereocenters. The van der Waals surface area contributed by atoms with Crippen LogP contribution in [0, 0.1) is 18.3 Å². The molecule has 5 heteroatoms. The third kappa shape index (κ3) is 3.90. The Labute approximate surface area is 150 Å². The first-order valence-corrected chi connectivity index (χ1v) is 8.08. The lowest BCUT2D eigenvalue weighted by atomic mass is 10.0. The van der Waals surface area contributed by atoms with Crippen LogP contribution in [0.4, 0.5) is 0 Å². The monoisotopic (exact) mass is 350 g/mol. The fraction of sp³-hybridized carbons (Fsp3) is 0.100. The molecule has 0 saturated heterocycles. The zero-order chi connectivity index (χ0) is 17.8. The van der Waals surface area contributed by atoms with Crippen molar-refractivity contribution >= 4 is 11.6 Å². The highest BCUT2D eigenvalue weighted by molar-refractivity contribution is 6.30. The number of hydrogen-bond acceptors (Lipinski definition) is 3. The molecule has 0 fully saturated rings. The van der Waals surface area contributed by atoms with Crippen LogP contribution in [0.25, 0.3) is 0 Å². The minimum atomic E-state index is -0.214. The van der Waals surface area contributed by atoms with Crippen molar-refractivity contribution in [3.05, 3.63) is 92.4 Å². The molecule has 3 aromatic rings. The lowest BCUT2D eigenvalue weighted by Crippen LogP contribution is -2.12. The number of aromatic nitrogens is 1. The Morgan fingerprint density at radius 1 is 1.20 bits per heavy atom. The lowest BCUT2D eigenvalue weighted by Gasteiger charge is -2.14. The van der Waals surface area contributed by atoms with Crippen molar-refractivity contribution < 1.29 is 4.74 Å². The summed E-state index contributed by atoms with van der Waals surface area (Å²) in [6.07, 6.45) is 2.27. The molecule has 0 saturated carbocycles. The number of rotatable bonds is 4. The molecule has 0 bridgehead atoms. The molecule has 0 radical (unpaired) electrons. The van der Waals surface area contributed by atoms with Gasteiger partial charge in [0.25, 0.3) is 5.56 Å². The van der Waals surface area contributed by atoms with Gasteiger partial charge < -0.3 is 9.72 Å². The van der Waals surface area contributed by atoms with E-state index >= 15 is 0 Å². The van der Waals surface area contributed by atoms with Gasteiger partial charge in [-0.3, -0.25) is 4.79 Å². The van der Waals surface area contributed by atoms with Gasteiger partial charge in [0.15, 0.2) is 0 Å². The van der Waals surface area contributed by atoms with E-state index in [-0.39, 0.29) is 5.56 Å². The molecule has 0 unspecified atom stereocenters. The Morgan fingerprint density at radius 2 is 1.96 bits per heavy atom. The molecule has 1 N–H and O–H groups in total. The summed E-state index contributed by atoms with van der Waals surface area (Å²) in [6.45, 7) is 1.71. The quantitative estimate of drug-likeness (QED) is 0.748. The first-order chi connectivity index (χ1) is 12.1. The second-order valence-corrected chi connectivity index (χ2v) is 6.09. The van der Waals surface area contributed by atoms with Crippen LogP contribution in [0.5, 0.6) is 11.5 Å². The number of hydrogen-bond donors (Lipinski definition) is 1. The van der Waals surface area contributed by atoms with Crippen LogP contribution in [0.2, 0.25) is 5.02 Å². The molecule has 0 amide bonds. The molecule has 0 spiro atoms. The third-order valence-corrected chi connectivity index (χ3v) is 4.03. The van der Waals surface area contributed by atoms with Gasteiger partial charge in [-0.05, 0) is 30.7 Å². The zero-order valence-corrected chi connectivity index (χ0v) is 14.3. The Morgan fingerprint density at radius 3 is 2.68 bits per heavy atom. The Kier molecular flexibility index (Phi) is 4.87. The highest BCUT2D eigenvalue weighted by atomic mass is 35.5. The van der Waals surface area contributed by atoms with Crippen LogP contribution in [0.15, 0.2) is 59.5 Å². The van der Waals surface area contributed by atoms with E-state index in [2.05, 4.69) is 4.98 Å². The summed E-state index contributed by atoms with van der Waals surface area (Å²) < 4.78 is 5.96. The van der Waals surface area contributed by atoms with Crippen LogP contribution >= 0.6 is 11.6 Å². The maximum absolute atomic E-state index is 12.0. The van der Waals surface area contributed by atoms with Crippen molar-refractivity contribution in [1.29, 1.82) is 5.26 Å². The van der Waals surface area contributed by atoms with E-state index < -0.39 is 0 Å².